The smallest absolute Gasteiger partial charge is 0.243 e. The van der Waals surface area contributed by atoms with Crippen LogP contribution in [0.4, 0.5) is 10.1 Å². The Morgan fingerprint density at radius 3 is 2.21 bits per heavy atom. The highest BCUT2D eigenvalue weighted by atomic mass is 35.5. The lowest BCUT2D eigenvalue weighted by molar-refractivity contribution is -0.141. The van der Waals surface area contributed by atoms with Crippen molar-refractivity contribution >= 4 is 39.1 Å². The molecule has 0 aromatic heterocycles. The number of nitrogens with zero attached hydrogens (tertiary/aromatic N) is 2. The summed E-state index contributed by atoms with van der Waals surface area (Å²) in [6.45, 7) is 0.224. The number of sulfonamides is 1. The van der Waals surface area contributed by atoms with Gasteiger partial charge in [-0.3, -0.25) is 13.9 Å². The van der Waals surface area contributed by atoms with E-state index in [9.17, 15) is 22.4 Å². The Labute approximate surface area is 259 Å². The highest BCUT2D eigenvalue weighted by Crippen LogP contribution is 2.22. The van der Waals surface area contributed by atoms with Crippen molar-refractivity contribution in [2.45, 2.75) is 70.0 Å². The number of rotatable bonds is 13. The Kier molecular flexibility index (Phi) is 11.6. The van der Waals surface area contributed by atoms with Gasteiger partial charge in [-0.25, -0.2) is 12.8 Å². The molecule has 43 heavy (non-hydrogen) atoms. The normalized spacial score (nSPS) is 14.6. The van der Waals surface area contributed by atoms with E-state index < -0.39 is 21.9 Å². The average Bonchev–Trinajstić information content (AvgIpc) is 2.99. The maximum atomic E-state index is 14.0. The Morgan fingerprint density at radius 1 is 0.930 bits per heavy atom. The molecule has 1 saturated carbocycles. The molecule has 0 radical (unpaired) electrons. The Morgan fingerprint density at radius 2 is 1.58 bits per heavy atom. The van der Waals surface area contributed by atoms with Gasteiger partial charge >= 0.3 is 0 Å². The summed E-state index contributed by atoms with van der Waals surface area (Å²) in [5.74, 6) is -0.925. The zero-order valence-corrected chi connectivity index (χ0v) is 26.0. The van der Waals surface area contributed by atoms with Gasteiger partial charge in [0.25, 0.3) is 0 Å². The van der Waals surface area contributed by atoms with Gasteiger partial charge in [-0.1, -0.05) is 73.3 Å². The van der Waals surface area contributed by atoms with Crippen LogP contribution in [0.3, 0.4) is 0 Å². The third kappa shape index (κ3) is 9.79. The average molecular weight is 628 g/mol. The fourth-order valence-electron chi connectivity index (χ4n) is 5.50. The summed E-state index contributed by atoms with van der Waals surface area (Å²) in [6.07, 6.45) is 6.76. The van der Waals surface area contributed by atoms with Crippen molar-refractivity contribution in [1.82, 2.24) is 10.2 Å². The van der Waals surface area contributed by atoms with Crippen molar-refractivity contribution in [2.75, 3.05) is 17.1 Å². The molecule has 0 saturated heterocycles. The first-order valence-corrected chi connectivity index (χ1v) is 16.9. The van der Waals surface area contributed by atoms with E-state index >= 15 is 0 Å². The first kappa shape index (κ1) is 32.5. The molecule has 10 heteroatoms. The second kappa shape index (κ2) is 15.3. The van der Waals surface area contributed by atoms with Crippen LogP contribution in [0.25, 0.3) is 0 Å². The number of anilines is 1. The van der Waals surface area contributed by atoms with Crippen LogP contribution >= 0.6 is 11.6 Å². The minimum atomic E-state index is -3.68. The SMILES string of the molecule is CS(=O)(=O)N(CCCC(=O)N(Cc1ccc(Cl)cc1)[C@@H](Cc1ccccc1)C(=O)NC1CCCCC1)c1ccc(F)cc1. The standard InChI is InChI=1S/C33H39ClFN3O4S/c1-43(41,42)38(30-20-18-28(35)19-21-30)22-8-13-32(39)37(24-26-14-16-27(34)17-15-26)31(23-25-9-4-2-5-10-25)33(40)36-29-11-6-3-7-12-29/h2,4-5,9-10,14-21,29,31H,3,6-8,11-13,22-24H2,1H3,(H,36,40)/t31-/m0/s1. The van der Waals surface area contributed by atoms with E-state index in [1.54, 1.807) is 17.0 Å². The second-order valence-electron chi connectivity index (χ2n) is 11.1. The molecule has 4 rings (SSSR count). The molecular weight excluding hydrogens is 589 g/mol. The first-order chi connectivity index (χ1) is 20.6. The summed E-state index contributed by atoms with van der Waals surface area (Å²) in [7, 11) is -3.68. The molecule has 2 amide bonds. The Bertz CT molecular complexity index is 1450. The van der Waals surface area contributed by atoms with Crippen LogP contribution < -0.4 is 9.62 Å². The van der Waals surface area contributed by atoms with Crippen molar-refractivity contribution in [2.24, 2.45) is 0 Å². The van der Waals surface area contributed by atoms with Crippen molar-refractivity contribution in [3.63, 3.8) is 0 Å². The molecule has 1 N–H and O–H groups in total. The van der Waals surface area contributed by atoms with E-state index in [1.165, 1.54) is 28.6 Å². The molecule has 1 fully saturated rings. The highest BCUT2D eigenvalue weighted by molar-refractivity contribution is 7.92. The van der Waals surface area contributed by atoms with E-state index in [0.717, 1.165) is 49.5 Å². The van der Waals surface area contributed by atoms with Crippen LogP contribution in [0, 0.1) is 5.82 Å². The number of halogens is 2. The minimum absolute atomic E-state index is 0.0167. The van der Waals surface area contributed by atoms with Gasteiger partial charge in [0.1, 0.15) is 11.9 Å². The molecule has 3 aromatic rings. The van der Waals surface area contributed by atoms with E-state index in [0.29, 0.717) is 17.1 Å². The number of carbonyl (C=O) groups is 2. The van der Waals surface area contributed by atoms with E-state index in [4.69, 9.17) is 11.6 Å². The summed E-state index contributed by atoms with van der Waals surface area (Å²) in [5.41, 5.74) is 2.08. The highest BCUT2D eigenvalue weighted by Gasteiger charge is 2.32. The van der Waals surface area contributed by atoms with Crippen LogP contribution in [-0.4, -0.2) is 50.0 Å². The molecule has 1 atom stereocenters. The van der Waals surface area contributed by atoms with Gasteiger partial charge in [0.15, 0.2) is 0 Å². The van der Waals surface area contributed by atoms with Gasteiger partial charge < -0.3 is 10.2 Å². The van der Waals surface area contributed by atoms with Crippen molar-refractivity contribution in [3.8, 4) is 0 Å². The first-order valence-electron chi connectivity index (χ1n) is 14.7. The molecule has 230 valence electrons. The predicted molar refractivity (Wildman–Crippen MR) is 169 cm³/mol. The monoisotopic (exact) mass is 627 g/mol. The summed E-state index contributed by atoms with van der Waals surface area (Å²) in [6, 6.07) is 21.3. The summed E-state index contributed by atoms with van der Waals surface area (Å²) in [4.78, 5) is 29.5. The molecule has 0 bridgehead atoms. The fourth-order valence-corrected chi connectivity index (χ4v) is 6.59. The Balaban J connectivity index is 1.58. The lowest BCUT2D eigenvalue weighted by Gasteiger charge is -2.34. The topological polar surface area (TPSA) is 86.8 Å². The van der Waals surface area contributed by atoms with E-state index in [2.05, 4.69) is 5.32 Å². The molecule has 1 aliphatic carbocycles. The molecular formula is C33H39ClFN3O4S. The van der Waals surface area contributed by atoms with E-state index in [-0.39, 0.29) is 43.8 Å². The summed E-state index contributed by atoms with van der Waals surface area (Å²) < 4.78 is 39.8. The van der Waals surface area contributed by atoms with Crippen LogP contribution in [0.5, 0.6) is 0 Å². The number of hydrogen-bond acceptors (Lipinski definition) is 4. The van der Waals surface area contributed by atoms with Gasteiger partial charge in [0.2, 0.25) is 21.8 Å². The summed E-state index contributed by atoms with van der Waals surface area (Å²) in [5, 5.41) is 3.79. The Hall–Kier alpha value is -3.43. The lowest BCUT2D eigenvalue weighted by Crippen LogP contribution is -2.52. The number of carbonyl (C=O) groups excluding carboxylic acids is 2. The second-order valence-corrected chi connectivity index (χ2v) is 13.5. The number of nitrogens with one attached hydrogen (secondary N) is 1. The maximum absolute atomic E-state index is 14.0. The largest absolute Gasteiger partial charge is 0.352 e. The van der Waals surface area contributed by atoms with Gasteiger partial charge in [0, 0.05) is 37.0 Å². The number of amides is 2. The quantitative estimate of drug-likeness (QED) is 0.248. The molecule has 3 aromatic carbocycles. The van der Waals surface area contributed by atoms with Gasteiger partial charge in [-0.2, -0.15) is 0 Å². The fraction of sp³-hybridized carbons (Fsp3) is 0.394. The van der Waals surface area contributed by atoms with Crippen molar-refractivity contribution in [1.29, 1.82) is 0 Å². The van der Waals surface area contributed by atoms with Crippen LogP contribution in [-0.2, 0) is 32.6 Å². The summed E-state index contributed by atoms with van der Waals surface area (Å²) >= 11 is 6.11. The van der Waals surface area contributed by atoms with Crippen LogP contribution in [0.2, 0.25) is 5.02 Å². The van der Waals surface area contributed by atoms with Gasteiger partial charge in [0.05, 0.1) is 11.9 Å². The maximum Gasteiger partial charge on any atom is 0.243 e. The lowest BCUT2D eigenvalue weighted by atomic mass is 9.94. The van der Waals surface area contributed by atoms with Gasteiger partial charge in [-0.05, 0) is 66.8 Å². The molecule has 1 aliphatic rings. The third-order valence-corrected chi connectivity index (χ3v) is 9.20. The van der Waals surface area contributed by atoms with Crippen LogP contribution in [0.1, 0.15) is 56.1 Å². The third-order valence-electron chi connectivity index (χ3n) is 7.76. The van der Waals surface area contributed by atoms with E-state index in [1.807, 2.05) is 42.5 Å². The zero-order valence-electron chi connectivity index (χ0n) is 24.4. The van der Waals surface area contributed by atoms with Crippen molar-refractivity contribution in [3.05, 3.63) is 101 Å². The zero-order chi connectivity index (χ0) is 30.8. The molecule has 0 aliphatic heterocycles. The number of benzene rings is 3. The predicted octanol–water partition coefficient (Wildman–Crippen LogP) is 6.11. The molecule has 7 nitrogen and oxygen atoms in total. The minimum Gasteiger partial charge on any atom is -0.352 e. The van der Waals surface area contributed by atoms with Crippen molar-refractivity contribution < 1.29 is 22.4 Å². The van der Waals surface area contributed by atoms with Gasteiger partial charge in [-0.15, -0.1) is 0 Å². The molecule has 0 unspecified atom stereocenters. The molecule has 0 heterocycles. The number of hydrogen-bond donors (Lipinski definition) is 1. The van der Waals surface area contributed by atoms with Crippen LogP contribution in [0.15, 0.2) is 78.9 Å². The molecule has 0 spiro atoms.